The minimum absolute atomic E-state index is 0.404. The molecule has 2 aromatic heterocycles. The zero-order valence-corrected chi connectivity index (χ0v) is 14.0. The second kappa shape index (κ2) is 6.07. The van der Waals surface area contributed by atoms with E-state index >= 15 is 0 Å². The standard InChI is InChI=1S/C17H12ClN5S/c18-14-7-3-1-6-13(14)16-21-22-17(24)23(16)20-10-11-9-19-15-8-4-2-5-12(11)15/h1-10,19H,(H,22,24). The summed E-state index contributed by atoms with van der Waals surface area (Å²) in [5, 5.41) is 13.2. The van der Waals surface area contributed by atoms with Crippen molar-refractivity contribution in [2.24, 2.45) is 5.10 Å². The van der Waals surface area contributed by atoms with Crippen molar-refractivity contribution in [3.8, 4) is 11.4 Å². The van der Waals surface area contributed by atoms with Gasteiger partial charge in [0.2, 0.25) is 4.77 Å². The topological polar surface area (TPSA) is 61.8 Å². The number of hydrogen-bond donors (Lipinski definition) is 2. The van der Waals surface area contributed by atoms with Gasteiger partial charge in [0.1, 0.15) is 0 Å². The Balaban J connectivity index is 1.80. The Labute approximate surface area is 147 Å². The molecule has 0 saturated carbocycles. The first-order valence-corrected chi connectivity index (χ1v) is 8.05. The van der Waals surface area contributed by atoms with Gasteiger partial charge in [0, 0.05) is 28.2 Å². The molecule has 0 amide bonds. The predicted octanol–water partition coefficient (Wildman–Crippen LogP) is 4.62. The average molecular weight is 354 g/mol. The molecule has 24 heavy (non-hydrogen) atoms. The lowest BCUT2D eigenvalue weighted by Gasteiger charge is -2.02. The molecule has 0 unspecified atom stereocenters. The quantitative estimate of drug-likeness (QED) is 0.417. The van der Waals surface area contributed by atoms with Crippen LogP contribution in [0.4, 0.5) is 0 Å². The fourth-order valence-electron chi connectivity index (χ4n) is 2.54. The summed E-state index contributed by atoms with van der Waals surface area (Å²) in [4.78, 5) is 3.22. The number of H-pyrrole nitrogens is 2. The normalized spacial score (nSPS) is 11.5. The van der Waals surface area contributed by atoms with Gasteiger partial charge in [-0.1, -0.05) is 41.9 Å². The molecule has 0 aliphatic heterocycles. The van der Waals surface area contributed by atoms with Crippen molar-refractivity contribution in [2.75, 3.05) is 0 Å². The lowest BCUT2D eigenvalue weighted by Crippen LogP contribution is -1.95. The second-order valence-corrected chi connectivity index (χ2v) is 5.97. The van der Waals surface area contributed by atoms with Crippen molar-refractivity contribution in [3.63, 3.8) is 0 Å². The molecule has 5 nitrogen and oxygen atoms in total. The van der Waals surface area contributed by atoms with E-state index in [-0.39, 0.29) is 0 Å². The highest BCUT2D eigenvalue weighted by Gasteiger charge is 2.11. The molecule has 2 aromatic carbocycles. The lowest BCUT2D eigenvalue weighted by molar-refractivity contribution is 0.872. The minimum atomic E-state index is 0.404. The molecule has 0 spiro atoms. The van der Waals surface area contributed by atoms with E-state index in [1.807, 2.05) is 54.7 Å². The van der Waals surface area contributed by atoms with Gasteiger partial charge in [0.25, 0.3) is 0 Å². The van der Waals surface area contributed by atoms with Crippen molar-refractivity contribution >= 4 is 40.9 Å². The summed E-state index contributed by atoms with van der Waals surface area (Å²) < 4.78 is 1.97. The van der Waals surface area contributed by atoms with Crippen LogP contribution in [0.5, 0.6) is 0 Å². The molecule has 118 valence electrons. The molecule has 0 radical (unpaired) electrons. The number of aromatic amines is 2. The maximum atomic E-state index is 6.26. The number of aromatic nitrogens is 4. The Morgan fingerprint density at radius 1 is 1.12 bits per heavy atom. The summed E-state index contributed by atoms with van der Waals surface area (Å²) in [6, 6.07) is 15.5. The molecule has 7 heteroatoms. The average Bonchev–Trinajstić information content (AvgIpc) is 3.17. The van der Waals surface area contributed by atoms with E-state index in [1.165, 1.54) is 0 Å². The third-order valence-corrected chi connectivity index (χ3v) is 4.29. The molecule has 0 bridgehead atoms. The highest BCUT2D eigenvalue weighted by molar-refractivity contribution is 7.71. The number of hydrogen-bond acceptors (Lipinski definition) is 3. The van der Waals surface area contributed by atoms with E-state index in [0.717, 1.165) is 22.0 Å². The number of fused-ring (bicyclic) bond motifs is 1. The van der Waals surface area contributed by atoms with E-state index in [1.54, 1.807) is 10.9 Å². The van der Waals surface area contributed by atoms with Gasteiger partial charge in [0.15, 0.2) is 5.82 Å². The molecule has 0 aliphatic rings. The van der Waals surface area contributed by atoms with Gasteiger partial charge in [-0.3, -0.25) is 0 Å². The van der Waals surface area contributed by atoms with Crippen LogP contribution < -0.4 is 0 Å². The summed E-state index contributed by atoms with van der Waals surface area (Å²) in [5.41, 5.74) is 2.79. The molecule has 0 saturated heterocycles. The lowest BCUT2D eigenvalue weighted by atomic mass is 10.2. The molecular formula is C17H12ClN5S. The summed E-state index contributed by atoms with van der Waals surface area (Å²) >= 11 is 11.5. The summed E-state index contributed by atoms with van der Waals surface area (Å²) in [5.74, 6) is 0.571. The Morgan fingerprint density at radius 3 is 2.79 bits per heavy atom. The number of nitrogens with one attached hydrogen (secondary N) is 2. The predicted molar refractivity (Wildman–Crippen MR) is 99.1 cm³/mol. The van der Waals surface area contributed by atoms with Crippen molar-refractivity contribution < 1.29 is 0 Å². The summed E-state index contributed by atoms with van der Waals surface area (Å²) in [6.07, 6.45) is 3.66. The Kier molecular flexibility index (Phi) is 3.76. The Morgan fingerprint density at radius 2 is 1.92 bits per heavy atom. The van der Waals surface area contributed by atoms with Crippen LogP contribution in [0, 0.1) is 4.77 Å². The van der Waals surface area contributed by atoms with Crippen LogP contribution >= 0.6 is 23.8 Å². The SMILES string of the molecule is S=c1[nH]nc(-c2ccccc2Cl)n1N=Cc1c[nH]c2ccccc12. The number of halogens is 1. The first-order chi connectivity index (χ1) is 11.7. The molecule has 4 rings (SSSR count). The van der Waals surface area contributed by atoms with E-state index in [0.29, 0.717) is 15.6 Å². The third-order valence-electron chi connectivity index (χ3n) is 3.70. The first-order valence-electron chi connectivity index (χ1n) is 7.27. The van der Waals surface area contributed by atoms with E-state index in [2.05, 4.69) is 20.3 Å². The van der Waals surface area contributed by atoms with Crippen LogP contribution in [0.25, 0.3) is 22.3 Å². The van der Waals surface area contributed by atoms with Crippen LogP contribution in [-0.4, -0.2) is 26.1 Å². The van der Waals surface area contributed by atoms with Crippen molar-refractivity contribution in [2.45, 2.75) is 0 Å². The Hall–Kier alpha value is -2.70. The first kappa shape index (κ1) is 14.9. The van der Waals surface area contributed by atoms with Crippen LogP contribution in [0.1, 0.15) is 5.56 Å². The highest BCUT2D eigenvalue weighted by Crippen LogP contribution is 2.26. The summed E-state index contributed by atoms with van der Waals surface area (Å²) in [7, 11) is 0. The number of para-hydroxylation sites is 1. The van der Waals surface area contributed by atoms with Gasteiger partial charge in [-0.05, 0) is 30.4 Å². The van der Waals surface area contributed by atoms with E-state index in [4.69, 9.17) is 23.8 Å². The van der Waals surface area contributed by atoms with E-state index < -0.39 is 0 Å². The van der Waals surface area contributed by atoms with Crippen LogP contribution in [0.3, 0.4) is 0 Å². The molecule has 2 heterocycles. The van der Waals surface area contributed by atoms with Crippen LogP contribution in [0.15, 0.2) is 59.8 Å². The van der Waals surface area contributed by atoms with Crippen molar-refractivity contribution in [1.29, 1.82) is 0 Å². The number of rotatable bonds is 3. The molecule has 0 atom stereocenters. The van der Waals surface area contributed by atoms with Gasteiger partial charge in [-0.2, -0.15) is 14.9 Å². The van der Waals surface area contributed by atoms with Gasteiger partial charge in [0.05, 0.1) is 11.2 Å². The molecule has 0 fully saturated rings. The largest absolute Gasteiger partial charge is 0.361 e. The monoisotopic (exact) mass is 353 g/mol. The molecule has 4 aromatic rings. The fourth-order valence-corrected chi connectivity index (χ4v) is 2.94. The van der Waals surface area contributed by atoms with E-state index in [9.17, 15) is 0 Å². The van der Waals surface area contributed by atoms with Crippen molar-refractivity contribution in [1.82, 2.24) is 19.9 Å². The maximum Gasteiger partial charge on any atom is 0.216 e. The summed E-state index contributed by atoms with van der Waals surface area (Å²) in [6.45, 7) is 0. The molecule has 0 aliphatic carbocycles. The highest BCUT2D eigenvalue weighted by atomic mass is 35.5. The fraction of sp³-hybridized carbons (Fsp3) is 0. The zero-order valence-electron chi connectivity index (χ0n) is 12.4. The van der Waals surface area contributed by atoms with Gasteiger partial charge in [-0.25, -0.2) is 5.10 Å². The zero-order chi connectivity index (χ0) is 16.5. The van der Waals surface area contributed by atoms with Crippen LogP contribution in [-0.2, 0) is 0 Å². The molecular weight excluding hydrogens is 342 g/mol. The maximum absolute atomic E-state index is 6.26. The minimum Gasteiger partial charge on any atom is -0.361 e. The Bertz CT molecular complexity index is 1110. The van der Waals surface area contributed by atoms with Gasteiger partial charge in [-0.15, -0.1) is 0 Å². The smallest absolute Gasteiger partial charge is 0.216 e. The van der Waals surface area contributed by atoms with Crippen LogP contribution in [0.2, 0.25) is 5.02 Å². The molecule has 2 N–H and O–H groups in total. The number of nitrogens with zero attached hydrogens (tertiary/aromatic N) is 3. The van der Waals surface area contributed by atoms with Gasteiger partial charge >= 0.3 is 0 Å². The number of benzene rings is 2. The third kappa shape index (κ3) is 2.55. The van der Waals surface area contributed by atoms with Gasteiger partial charge < -0.3 is 4.98 Å². The second-order valence-electron chi connectivity index (χ2n) is 5.18. The van der Waals surface area contributed by atoms with Crippen molar-refractivity contribution in [3.05, 3.63) is 70.1 Å².